The van der Waals surface area contributed by atoms with Gasteiger partial charge in [0.05, 0.1) is 12.2 Å². The molecule has 0 aliphatic carbocycles. The van der Waals surface area contributed by atoms with Crippen molar-refractivity contribution in [3.05, 3.63) is 80.8 Å². The number of furan rings is 1. The Balaban J connectivity index is 2.40. The van der Waals surface area contributed by atoms with Crippen molar-refractivity contribution in [1.82, 2.24) is 0 Å². The molecule has 0 radical (unpaired) electrons. The number of rotatable bonds is 3. The number of aromatic hydroxyl groups is 2. The van der Waals surface area contributed by atoms with Crippen LogP contribution in [0.25, 0.3) is 0 Å². The second-order valence-electron chi connectivity index (χ2n) is 7.20. The molecule has 0 spiro atoms. The minimum atomic E-state index is -0.0939. The van der Waals surface area contributed by atoms with Gasteiger partial charge in [-0.15, -0.1) is 0 Å². The second-order valence-corrected chi connectivity index (χ2v) is 7.20. The van der Waals surface area contributed by atoms with Crippen LogP contribution < -0.4 is 0 Å². The van der Waals surface area contributed by atoms with Gasteiger partial charge in [0.1, 0.15) is 17.3 Å². The standard InChI is InChI=1S/C23H26O3/c1-12-10-18(24)14(3)16(5)21(12)23(20-8-7-9-26-20)22-13(2)11-19(25)15(4)17(22)6/h7-11,23-25H,1-6H3. The lowest BCUT2D eigenvalue weighted by Crippen LogP contribution is -2.12. The molecule has 0 bridgehead atoms. The smallest absolute Gasteiger partial charge is 0.119 e. The summed E-state index contributed by atoms with van der Waals surface area (Å²) >= 11 is 0. The Kier molecular flexibility index (Phi) is 4.57. The average Bonchev–Trinajstić information content (AvgIpc) is 3.10. The summed E-state index contributed by atoms with van der Waals surface area (Å²) in [5, 5.41) is 20.4. The van der Waals surface area contributed by atoms with Crippen LogP contribution in [0.3, 0.4) is 0 Å². The van der Waals surface area contributed by atoms with Crippen LogP contribution >= 0.6 is 0 Å². The third kappa shape index (κ3) is 2.78. The quantitative estimate of drug-likeness (QED) is 0.635. The molecule has 3 aromatic rings. The van der Waals surface area contributed by atoms with E-state index in [2.05, 4.69) is 0 Å². The van der Waals surface area contributed by atoms with Crippen molar-refractivity contribution in [1.29, 1.82) is 0 Å². The van der Waals surface area contributed by atoms with Gasteiger partial charge < -0.3 is 14.6 Å². The summed E-state index contributed by atoms with van der Waals surface area (Å²) in [4.78, 5) is 0. The Labute approximate surface area is 154 Å². The normalized spacial score (nSPS) is 11.3. The van der Waals surface area contributed by atoms with E-state index in [1.165, 1.54) is 0 Å². The molecule has 0 amide bonds. The van der Waals surface area contributed by atoms with Crippen LogP contribution in [0, 0.1) is 41.5 Å². The highest BCUT2D eigenvalue weighted by atomic mass is 16.3. The minimum Gasteiger partial charge on any atom is -0.508 e. The molecule has 0 saturated heterocycles. The number of hydrogen-bond acceptors (Lipinski definition) is 3. The van der Waals surface area contributed by atoms with Gasteiger partial charge in [-0.25, -0.2) is 0 Å². The first-order valence-electron chi connectivity index (χ1n) is 8.86. The third-order valence-corrected chi connectivity index (χ3v) is 5.66. The first-order chi connectivity index (χ1) is 12.2. The zero-order chi connectivity index (χ0) is 19.2. The van der Waals surface area contributed by atoms with E-state index in [4.69, 9.17) is 4.42 Å². The van der Waals surface area contributed by atoms with Crippen molar-refractivity contribution in [2.75, 3.05) is 0 Å². The zero-order valence-electron chi connectivity index (χ0n) is 16.3. The largest absolute Gasteiger partial charge is 0.508 e. The second kappa shape index (κ2) is 6.56. The lowest BCUT2D eigenvalue weighted by atomic mass is 9.78. The predicted octanol–water partition coefficient (Wildman–Crippen LogP) is 5.72. The number of benzene rings is 2. The molecule has 3 rings (SSSR count). The maximum Gasteiger partial charge on any atom is 0.119 e. The van der Waals surface area contributed by atoms with Crippen molar-refractivity contribution < 1.29 is 14.6 Å². The maximum absolute atomic E-state index is 10.2. The van der Waals surface area contributed by atoms with Crippen LogP contribution in [0.2, 0.25) is 0 Å². The first kappa shape index (κ1) is 18.1. The van der Waals surface area contributed by atoms with Crippen molar-refractivity contribution in [3.8, 4) is 11.5 Å². The molecule has 0 aliphatic rings. The van der Waals surface area contributed by atoms with Crippen LogP contribution in [0.1, 0.15) is 56.2 Å². The summed E-state index contributed by atoms with van der Waals surface area (Å²) in [5.41, 5.74) is 8.23. The fourth-order valence-electron chi connectivity index (χ4n) is 3.93. The lowest BCUT2D eigenvalue weighted by Gasteiger charge is -2.26. The van der Waals surface area contributed by atoms with Crippen molar-refractivity contribution in [3.63, 3.8) is 0 Å². The highest BCUT2D eigenvalue weighted by molar-refractivity contribution is 5.59. The fourth-order valence-corrected chi connectivity index (χ4v) is 3.93. The Hall–Kier alpha value is -2.68. The predicted molar refractivity (Wildman–Crippen MR) is 104 cm³/mol. The van der Waals surface area contributed by atoms with Gasteiger partial charge in [0.25, 0.3) is 0 Å². The van der Waals surface area contributed by atoms with Crippen molar-refractivity contribution in [2.24, 2.45) is 0 Å². The summed E-state index contributed by atoms with van der Waals surface area (Å²) in [6.45, 7) is 12.0. The maximum atomic E-state index is 10.2. The Morgan fingerprint density at radius 3 is 1.58 bits per heavy atom. The van der Waals surface area contributed by atoms with Gasteiger partial charge in [0.2, 0.25) is 0 Å². The average molecular weight is 350 g/mol. The molecule has 2 aromatic carbocycles. The Morgan fingerprint density at radius 1 is 0.731 bits per heavy atom. The molecule has 3 nitrogen and oxygen atoms in total. The highest BCUT2D eigenvalue weighted by Gasteiger charge is 2.28. The van der Waals surface area contributed by atoms with E-state index in [1.54, 1.807) is 6.26 Å². The molecule has 0 saturated carbocycles. The Bertz CT molecular complexity index is 903. The van der Waals surface area contributed by atoms with Gasteiger partial charge in [-0.3, -0.25) is 0 Å². The Morgan fingerprint density at radius 2 is 1.19 bits per heavy atom. The molecule has 0 fully saturated rings. The molecular formula is C23H26O3. The van der Waals surface area contributed by atoms with Gasteiger partial charge in [0.15, 0.2) is 0 Å². The van der Waals surface area contributed by atoms with Crippen molar-refractivity contribution >= 4 is 0 Å². The molecule has 26 heavy (non-hydrogen) atoms. The highest BCUT2D eigenvalue weighted by Crippen LogP contribution is 2.43. The summed E-state index contributed by atoms with van der Waals surface area (Å²) < 4.78 is 5.84. The molecule has 0 aliphatic heterocycles. The third-order valence-electron chi connectivity index (χ3n) is 5.66. The number of hydrogen-bond donors (Lipinski definition) is 2. The van der Waals surface area contributed by atoms with Gasteiger partial charge in [-0.2, -0.15) is 0 Å². The summed E-state index contributed by atoms with van der Waals surface area (Å²) in [6, 6.07) is 7.54. The van der Waals surface area contributed by atoms with E-state index in [0.717, 1.165) is 50.3 Å². The molecule has 3 heteroatoms. The molecular weight excluding hydrogens is 324 g/mol. The van der Waals surface area contributed by atoms with Crippen LogP contribution in [0.5, 0.6) is 11.5 Å². The van der Waals surface area contributed by atoms with Crippen LogP contribution in [0.4, 0.5) is 0 Å². The van der Waals surface area contributed by atoms with E-state index in [0.29, 0.717) is 11.5 Å². The molecule has 2 N–H and O–H groups in total. The molecule has 0 unspecified atom stereocenters. The van der Waals surface area contributed by atoms with Crippen LogP contribution in [-0.4, -0.2) is 10.2 Å². The van der Waals surface area contributed by atoms with Crippen LogP contribution in [0.15, 0.2) is 34.9 Å². The van der Waals surface area contributed by atoms with E-state index in [-0.39, 0.29) is 5.92 Å². The zero-order valence-corrected chi connectivity index (χ0v) is 16.3. The first-order valence-corrected chi connectivity index (χ1v) is 8.86. The lowest BCUT2D eigenvalue weighted by molar-refractivity contribution is 0.467. The van der Waals surface area contributed by atoms with Gasteiger partial charge in [0, 0.05) is 0 Å². The molecule has 1 aromatic heterocycles. The fraction of sp³-hybridized carbons (Fsp3) is 0.304. The number of phenols is 2. The van der Waals surface area contributed by atoms with E-state index < -0.39 is 0 Å². The SMILES string of the molecule is Cc1cc(O)c(C)c(C)c1C(c1ccco1)c1c(C)cc(O)c(C)c1C. The summed E-state index contributed by atoms with van der Waals surface area (Å²) in [6.07, 6.45) is 1.69. The van der Waals surface area contributed by atoms with Gasteiger partial charge >= 0.3 is 0 Å². The van der Waals surface area contributed by atoms with E-state index in [1.807, 2.05) is 65.8 Å². The molecule has 1 heterocycles. The van der Waals surface area contributed by atoms with E-state index in [9.17, 15) is 10.2 Å². The molecule has 0 atom stereocenters. The van der Waals surface area contributed by atoms with Crippen LogP contribution in [-0.2, 0) is 0 Å². The van der Waals surface area contributed by atoms with Gasteiger partial charge in [-0.1, -0.05) is 0 Å². The molecule has 136 valence electrons. The number of aryl methyl sites for hydroxylation is 2. The summed E-state index contributed by atoms with van der Waals surface area (Å²) in [7, 11) is 0. The van der Waals surface area contributed by atoms with Gasteiger partial charge in [-0.05, 0) is 110 Å². The van der Waals surface area contributed by atoms with E-state index >= 15 is 0 Å². The summed E-state index contributed by atoms with van der Waals surface area (Å²) in [5.74, 6) is 1.40. The number of phenolic OH excluding ortho intramolecular Hbond substituents is 2. The monoisotopic (exact) mass is 350 g/mol. The minimum absolute atomic E-state index is 0.0939. The van der Waals surface area contributed by atoms with Crippen molar-refractivity contribution in [2.45, 2.75) is 47.5 Å². The topological polar surface area (TPSA) is 53.6 Å².